The summed E-state index contributed by atoms with van der Waals surface area (Å²) in [5, 5.41) is 11.2. The van der Waals surface area contributed by atoms with Gasteiger partial charge in [0.2, 0.25) is 0 Å². The van der Waals surface area contributed by atoms with Crippen molar-refractivity contribution in [2.45, 2.75) is 45.2 Å². The van der Waals surface area contributed by atoms with Crippen LogP contribution in [0.2, 0.25) is 0 Å². The van der Waals surface area contributed by atoms with E-state index in [1.165, 1.54) is 0 Å². The van der Waals surface area contributed by atoms with Crippen molar-refractivity contribution >= 4 is 0 Å². The average molecular weight is 335 g/mol. The second kappa shape index (κ2) is 6.70. The molecule has 0 spiro atoms. The van der Waals surface area contributed by atoms with Gasteiger partial charge in [0, 0.05) is 25.9 Å². The molecule has 1 aromatic carbocycles. The lowest BCUT2D eigenvalue weighted by Crippen LogP contribution is -2.48. The van der Waals surface area contributed by atoms with Crippen LogP contribution in [0.5, 0.6) is 11.5 Å². The van der Waals surface area contributed by atoms with E-state index in [0.29, 0.717) is 4.90 Å². The number of aliphatic hydroxyl groups is 1. The summed E-state index contributed by atoms with van der Waals surface area (Å²) in [5.74, 6) is -5.38. The molecule has 1 fully saturated rings. The molecule has 4 heteroatoms. The molecule has 1 N–H and O–H groups in total. The van der Waals surface area contributed by atoms with Crippen molar-refractivity contribution < 1.29 is 35.1 Å². The Morgan fingerprint density at radius 1 is 1.43 bits per heavy atom. The Bertz CT molecular complexity index is 1120. The van der Waals surface area contributed by atoms with Crippen LogP contribution in [-0.2, 0) is 6.42 Å². The number of benzene rings is 1. The molecule has 4 nitrogen and oxygen atoms in total. The first kappa shape index (κ1) is 6.23. The van der Waals surface area contributed by atoms with E-state index < -0.39 is 93.0 Å². The fourth-order valence-electron chi connectivity index (χ4n) is 2.70. The molecule has 23 heavy (non-hydrogen) atoms. The van der Waals surface area contributed by atoms with E-state index in [4.69, 9.17) is 28.7 Å². The number of hydrogen-bond acceptors (Lipinski definition) is 4. The molecule has 1 saturated heterocycles. The summed E-state index contributed by atoms with van der Waals surface area (Å²) in [4.78, 5) is 0.599. The van der Waals surface area contributed by atoms with E-state index >= 15 is 0 Å². The Morgan fingerprint density at radius 3 is 2.87 bits per heavy atom. The number of hydrogen-bond donors (Lipinski definition) is 1. The third-order valence-electron chi connectivity index (χ3n) is 3.71. The summed E-state index contributed by atoms with van der Waals surface area (Å²) in [6, 6.07) is -5.06. The monoisotopic (exact) mass is 334 g/mol. The molecule has 0 aromatic heterocycles. The third-order valence-corrected chi connectivity index (χ3v) is 3.71. The minimum Gasteiger partial charge on any atom is -0.493 e. The second-order valence-corrected chi connectivity index (χ2v) is 5.88. The minimum absolute atomic E-state index is 0.338. The summed E-state index contributed by atoms with van der Waals surface area (Å²) < 4.78 is 133. The Hall–Kier alpha value is -1.26. The van der Waals surface area contributed by atoms with Gasteiger partial charge in [-0.25, -0.2) is 0 Å². The van der Waals surface area contributed by atoms with Gasteiger partial charge in [-0.3, -0.25) is 4.90 Å². The molecular formula is C19H29NO3. The van der Waals surface area contributed by atoms with Crippen molar-refractivity contribution in [1.29, 1.82) is 0 Å². The summed E-state index contributed by atoms with van der Waals surface area (Å²) in [6.45, 7) is -0.376. The van der Waals surface area contributed by atoms with E-state index in [2.05, 4.69) is 0 Å². The maximum absolute atomic E-state index is 11.2. The van der Waals surface area contributed by atoms with Gasteiger partial charge in [-0.15, -0.1) is 0 Å². The zero-order chi connectivity index (χ0) is 29.7. The topological polar surface area (TPSA) is 41.9 Å². The zero-order valence-corrected chi connectivity index (χ0v) is 12.9. The summed E-state index contributed by atoms with van der Waals surface area (Å²) >= 11 is 0. The van der Waals surface area contributed by atoms with Gasteiger partial charge in [0.1, 0.15) is 0 Å². The van der Waals surface area contributed by atoms with Crippen LogP contribution in [0.25, 0.3) is 0 Å². The van der Waals surface area contributed by atoms with Crippen LogP contribution in [0.15, 0.2) is 12.1 Å². The second-order valence-electron chi connectivity index (χ2n) is 5.88. The van der Waals surface area contributed by atoms with E-state index in [1.807, 2.05) is 0 Å². The Morgan fingerprint density at radius 2 is 2.17 bits per heavy atom. The van der Waals surface area contributed by atoms with Crippen molar-refractivity contribution in [1.82, 2.24) is 4.90 Å². The van der Waals surface area contributed by atoms with Gasteiger partial charge in [0.25, 0.3) is 0 Å². The van der Waals surface area contributed by atoms with E-state index in [9.17, 15) is 6.48 Å². The van der Waals surface area contributed by atoms with Crippen LogP contribution in [0, 0.1) is 11.8 Å². The average Bonchev–Trinajstić information content (AvgIpc) is 2.70. The molecule has 0 amide bonds. The van der Waals surface area contributed by atoms with Crippen molar-refractivity contribution in [3.63, 3.8) is 0 Å². The van der Waals surface area contributed by atoms with E-state index in [0.717, 1.165) is 0 Å². The van der Waals surface area contributed by atoms with Gasteiger partial charge < -0.3 is 14.6 Å². The standard InChI is InChI=1S/C19H29NO3/c1-12(2)7-14-11-20-6-5-13-8-18(22-3)19(23-4)9-15(13)16(20)10-17(14)21/h8-9,12,14,16-17,21H,5-7,10-11H2,1-4H3/i3D3,4D3,8D,9D,10D2,11D2,14D,16D,17D. The van der Waals surface area contributed by atoms with Crippen LogP contribution in [-0.4, -0.2) is 43.2 Å². The lowest BCUT2D eigenvalue weighted by Gasteiger charge is -2.46. The maximum Gasteiger partial charge on any atom is 0.161 e. The highest BCUT2D eigenvalue weighted by atomic mass is 16.5. The number of piperidine rings is 1. The molecule has 1 aromatic rings. The van der Waals surface area contributed by atoms with Crippen LogP contribution in [0.1, 0.15) is 64.3 Å². The molecule has 2 heterocycles. The van der Waals surface area contributed by atoms with E-state index in [1.54, 1.807) is 13.8 Å². The quantitative estimate of drug-likeness (QED) is 0.919. The van der Waals surface area contributed by atoms with Crippen molar-refractivity contribution in [2.24, 2.45) is 11.8 Å². The van der Waals surface area contributed by atoms with Crippen molar-refractivity contribution in [3.8, 4) is 11.5 Å². The number of nitrogens with zero attached hydrogens (tertiary/aromatic N) is 1. The zero-order valence-electron chi connectivity index (χ0n) is 27.9. The Balaban J connectivity index is 2.46. The largest absolute Gasteiger partial charge is 0.493 e. The molecule has 128 valence electrons. The predicted molar refractivity (Wildman–Crippen MR) is 91.1 cm³/mol. The van der Waals surface area contributed by atoms with E-state index in [-0.39, 0.29) is 12.0 Å². The lowest BCUT2D eigenvalue weighted by atomic mass is 9.79. The first-order valence-electron chi connectivity index (χ1n) is 14.8. The van der Waals surface area contributed by atoms with Crippen LogP contribution < -0.4 is 9.47 Å². The molecular weight excluding hydrogens is 290 g/mol. The molecule has 3 unspecified atom stereocenters. The first-order chi connectivity index (χ1) is 16.8. The number of fused-ring (bicyclic) bond motifs is 3. The van der Waals surface area contributed by atoms with Crippen LogP contribution in [0.4, 0.5) is 0 Å². The van der Waals surface area contributed by atoms with Gasteiger partial charge >= 0.3 is 0 Å². The lowest BCUT2D eigenvalue weighted by molar-refractivity contribution is -0.0191. The third kappa shape index (κ3) is 3.20. The maximum atomic E-state index is 11.2. The summed E-state index contributed by atoms with van der Waals surface area (Å²) in [6.07, 6.45) is -7.93. The molecule has 0 aliphatic carbocycles. The number of ether oxygens (including phenoxy) is 2. The van der Waals surface area contributed by atoms with Gasteiger partial charge in [-0.1, -0.05) is 13.8 Å². The fourth-order valence-corrected chi connectivity index (χ4v) is 2.70. The first-order valence-corrected chi connectivity index (χ1v) is 7.32. The van der Waals surface area contributed by atoms with Gasteiger partial charge in [-0.05, 0) is 54.2 Å². The molecule has 0 bridgehead atoms. The van der Waals surface area contributed by atoms with Gasteiger partial charge in [0.15, 0.2) is 11.5 Å². The highest BCUT2D eigenvalue weighted by molar-refractivity contribution is 5.49. The van der Waals surface area contributed by atoms with Crippen LogP contribution >= 0.6 is 0 Å². The molecule has 3 atom stereocenters. The predicted octanol–water partition coefficient (Wildman–Crippen LogP) is 3.03. The van der Waals surface area contributed by atoms with Crippen molar-refractivity contribution in [3.05, 3.63) is 23.2 Å². The Labute approximate surface area is 160 Å². The summed E-state index contributed by atoms with van der Waals surface area (Å²) in [7, 11) is -6.53. The Kier molecular flexibility index (Phi) is 1.81. The highest BCUT2D eigenvalue weighted by Gasteiger charge is 2.38. The molecule has 3 rings (SSSR count). The molecule has 2 aliphatic rings. The highest BCUT2D eigenvalue weighted by Crippen LogP contribution is 2.43. The van der Waals surface area contributed by atoms with Crippen molar-refractivity contribution in [2.75, 3.05) is 27.1 Å². The number of rotatable bonds is 4. The normalized spacial score (nSPS) is 52.1. The number of methoxy groups -OCH3 is 2. The molecule has 2 aliphatic heterocycles. The molecule has 0 radical (unpaired) electrons. The van der Waals surface area contributed by atoms with Gasteiger partial charge in [0.05, 0.1) is 33.9 Å². The SMILES string of the molecule is [2H]c1c2c(c([2H])c(OC([2H])([2H])[2H])c1OC([2H])([2H])[2H])C1([2H])N(CC2)C([2H])([2H])C([2H])(CC(C)C)C([2H])(O)C1([2H])[2H]. The fraction of sp³-hybridized carbons (Fsp3) is 0.684. The molecule has 0 saturated carbocycles. The van der Waals surface area contributed by atoms with Gasteiger partial charge in [-0.2, -0.15) is 0 Å². The summed E-state index contributed by atoms with van der Waals surface area (Å²) in [5.41, 5.74) is -1.13. The van der Waals surface area contributed by atoms with Crippen LogP contribution in [0.3, 0.4) is 0 Å². The minimum atomic E-state index is -3.59. The smallest absolute Gasteiger partial charge is 0.161 e.